The van der Waals surface area contributed by atoms with Crippen LogP contribution in [0, 0.1) is 6.92 Å². The fourth-order valence-corrected chi connectivity index (χ4v) is 3.12. The molecule has 0 aliphatic carbocycles. The molecule has 0 fully saturated rings. The van der Waals surface area contributed by atoms with Crippen molar-refractivity contribution in [2.45, 2.75) is 6.92 Å². The molecule has 0 bridgehead atoms. The summed E-state index contributed by atoms with van der Waals surface area (Å²) < 4.78 is 6.58. The van der Waals surface area contributed by atoms with Crippen molar-refractivity contribution in [3.8, 4) is 17.0 Å². The van der Waals surface area contributed by atoms with E-state index in [9.17, 15) is 4.79 Å². The number of methoxy groups -OCH3 is 1. The number of aromatic nitrogens is 3. The Morgan fingerprint density at radius 1 is 1.04 bits per heavy atom. The highest BCUT2D eigenvalue weighted by Crippen LogP contribution is 2.31. The Labute approximate surface area is 150 Å². The van der Waals surface area contributed by atoms with Crippen molar-refractivity contribution < 1.29 is 9.53 Å². The Morgan fingerprint density at radius 3 is 2.50 bits per heavy atom. The summed E-state index contributed by atoms with van der Waals surface area (Å²) in [6.07, 6.45) is 3.25. The summed E-state index contributed by atoms with van der Waals surface area (Å²) >= 11 is 0. The van der Waals surface area contributed by atoms with E-state index in [1.807, 2.05) is 55.5 Å². The third-order valence-electron chi connectivity index (χ3n) is 4.43. The normalized spacial score (nSPS) is 10.8. The van der Waals surface area contributed by atoms with E-state index < -0.39 is 0 Å². The maximum atomic E-state index is 13.1. The first-order valence-electron chi connectivity index (χ1n) is 8.27. The van der Waals surface area contributed by atoms with Gasteiger partial charge in [0.2, 0.25) is 0 Å². The molecule has 2 heterocycles. The third kappa shape index (κ3) is 2.63. The number of rotatable bonds is 3. The minimum absolute atomic E-state index is 0.166. The molecule has 0 spiro atoms. The number of ether oxygens (including phenoxy) is 1. The number of pyridine rings is 1. The van der Waals surface area contributed by atoms with Gasteiger partial charge in [-0.05, 0) is 48.9 Å². The highest BCUT2D eigenvalue weighted by atomic mass is 16.5. The Kier molecular flexibility index (Phi) is 3.97. The molecule has 4 aromatic rings. The fraction of sp³-hybridized carbons (Fsp3) is 0.0952. The summed E-state index contributed by atoms with van der Waals surface area (Å²) in [6, 6.07) is 17.1. The van der Waals surface area contributed by atoms with Crippen molar-refractivity contribution >= 4 is 16.8 Å². The molecule has 0 amide bonds. The molecule has 128 valence electrons. The van der Waals surface area contributed by atoms with Crippen LogP contribution >= 0.6 is 0 Å². The summed E-state index contributed by atoms with van der Waals surface area (Å²) in [4.78, 5) is 17.9. The van der Waals surface area contributed by atoms with Gasteiger partial charge in [0, 0.05) is 23.3 Å². The topological polar surface area (TPSA) is 57.0 Å². The van der Waals surface area contributed by atoms with Crippen LogP contribution in [0.3, 0.4) is 0 Å². The van der Waals surface area contributed by atoms with Gasteiger partial charge in [0.05, 0.1) is 23.9 Å². The molecule has 0 radical (unpaired) electrons. The van der Waals surface area contributed by atoms with Crippen LogP contribution in [0.1, 0.15) is 15.9 Å². The first-order valence-corrected chi connectivity index (χ1v) is 8.27. The molecule has 5 nitrogen and oxygen atoms in total. The smallest absolute Gasteiger partial charge is 0.279 e. The van der Waals surface area contributed by atoms with Gasteiger partial charge in [0.25, 0.3) is 5.91 Å². The predicted molar refractivity (Wildman–Crippen MR) is 100 cm³/mol. The van der Waals surface area contributed by atoms with Crippen molar-refractivity contribution in [2.24, 2.45) is 0 Å². The summed E-state index contributed by atoms with van der Waals surface area (Å²) in [5.41, 5.74) is 3.93. The number of hydrogen-bond acceptors (Lipinski definition) is 4. The standard InChI is InChI=1S/C21H17N3O2/c1-14-19(21(25)24-13-5-12-22-24)17-6-3-4-7-18(17)23-20(14)15-8-10-16(26-2)11-9-15/h3-13H,1-2H3. The van der Waals surface area contributed by atoms with Crippen LogP contribution in [0.25, 0.3) is 22.2 Å². The highest BCUT2D eigenvalue weighted by Gasteiger charge is 2.20. The van der Waals surface area contributed by atoms with Gasteiger partial charge < -0.3 is 4.74 Å². The second-order valence-corrected chi connectivity index (χ2v) is 5.96. The number of para-hydroxylation sites is 1. The summed E-state index contributed by atoms with van der Waals surface area (Å²) in [5.74, 6) is 0.612. The first kappa shape index (κ1) is 16.0. The Morgan fingerprint density at radius 2 is 1.81 bits per heavy atom. The van der Waals surface area contributed by atoms with E-state index in [1.165, 1.54) is 4.68 Å². The van der Waals surface area contributed by atoms with Crippen LogP contribution in [0.2, 0.25) is 0 Å². The maximum absolute atomic E-state index is 13.1. The van der Waals surface area contributed by atoms with E-state index in [0.29, 0.717) is 5.56 Å². The molecule has 0 saturated heterocycles. The van der Waals surface area contributed by atoms with Gasteiger partial charge in [0.1, 0.15) is 5.75 Å². The van der Waals surface area contributed by atoms with Crippen molar-refractivity contribution in [1.82, 2.24) is 14.8 Å². The van der Waals surface area contributed by atoms with Crippen molar-refractivity contribution in [2.75, 3.05) is 7.11 Å². The Bertz CT molecular complexity index is 1080. The van der Waals surface area contributed by atoms with Crippen LogP contribution in [-0.2, 0) is 0 Å². The molecular weight excluding hydrogens is 326 g/mol. The van der Waals surface area contributed by atoms with Crippen LogP contribution in [0.4, 0.5) is 0 Å². The lowest BCUT2D eigenvalue weighted by atomic mass is 9.97. The molecule has 0 unspecified atom stereocenters. The molecule has 0 N–H and O–H groups in total. The van der Waals surface area contributed by atoms with E-state index in [-0.39, 0.29) is 5.91 Å². The lowest BCUT2D eigenvalue weighted by molar-refractivity contribution is 0.0946. The molecule has 5 heteroatoms. The molecule has 0 aliphatic rings. The highest BCUT2D eigenvalue weighted by molar-refractivity contribution is 6.09. The quantitative estimate of drug-likeness (QED) is 0.562. The van der Waals surface area contributed by atoms with Gasteiger partial charge in [-0.1, -0.05) is 18.2 Å². The number of fused-ring (bicyclic) bond motifs is 1. The minimum atomic E-state index is -0.166. The summed E-state index contributed by atoms with van der Waals surface area (Å²) in [6.45, 7) is 1.93. The number of benzene rings is 2. The van der Waals surface area contributed by atoms with Crippen LogP contribution in [0.15, 0.2) is 67.0 Å². The molecule has 2 aromatic heterocycles. The van der Waals surface area contributed by atoms with Gasteiger partial charge >= 0.3 is 0 Å². The summed E-state index contributed by atoms with van der Waals surface area (Å²) in [5, 5.41) is 4.92. The van der Waals surface area contributed by atoms with E-state index >= 15 is 0 Å². The predicted octanol–water partition coefficient (Wildman–Crippen LogP) is 4.10. The van der Waals surface area contributed by atoms with Gasteiger partial charge in [-0.25, -0.2) is 9.67 Å². The fourth-order valence-electron chi connectivity index (χ4n) is 3.12. The molecule has 26 heavy (non-hydrogen) atoms. The third-order valence-corrected chi connectivity index (χ3v) is 4.43. The number of carbonyl (C=O) groups is 1. The zero-order valence-corrected chi connectivity index (χ0v) is 14.5. The number of nitrogens with zero attached hydrogens (tertiary/aromatic N) is 3. The molecule has 4 rings (SSSR count). The maximum Gasteiger partial charge on any atom is 0.279 e. The average molecular weight is 343 g/mol. The molecule has 0 saturated carbocycles. The SMILES string of the molecule is COc1ccc(-c2nc3ccccc3c(C(=O)n3cccn3)c2C)cc1. The van der Waals surface area contributed by atoms with E-state index in [2.05, 4.69) is 5.10 Å². The molecule has 2 aromatic carbocycles. The lowest BCUT2D eigenvalue weighted by Gasteiger charge is -2.14. The van der Waals surface area contributed by atoms with E-state index in [1.54, 1.807) is 25.6 Å². The summed E-state index contributed by atoms with van der Waals surface area (Å²) in [7, 11) is 1.63. The number of hydrogen-bond donors (Lipinski definition) is 0. The zero-order chi connectivity index (χ0) is 18.1. The molecule has 0 atom stereocenters. The van der Waals surface area contributed by atoms with Crippen molar-refractivity contribution in [1.29, 1.82) is 0 Å². The van der Waals surface area contributed by atoms with Gasteiger partial charge in [-0.15, -0.1) is 0 Å². The van der Waals surface area contributed by atoms with Crippen molar-refractivity contribution in [3.63, 3.8) is 0 Å². The van der Waals surface area contributed by atoms with Crippen LogP contribution in [0.5, 0.6) is 5.75 Å². The monoisotopic (exact) mass is 343 g/mol. The van der Waals surface area contributed by atoms with Gasteiger partial charge in [-0.3, -0.25) is 4.79 Å². The zero-order valence-electron chi connectivity index (χ0n) is 14.5. The molecule has 0 aliphatic heterocycles. The lowest BCUT2D eigenvalue weighted by Crippen LogP contribution is -2.15. The van der Waals surface area contributed by atoms with E-state index in [4.69, 9.17) is 9.72 Å². The van der Waals surface area contributed by atoms with Gasteiger partial charge in [-0.2, -0.15) is 5.10 Å². The average Bonchev–Trinajstić information content (AvgIpc) is 3.22. The number of carbonyl (C=O) groups excluding carboxylic acids is 1. The second-order valence-electron chi connectivity index (χ2n) is 5.96. The Balaban J connectivity index is 1.97. The van der Waals surface area contributed by atoms with Crippen LogP contribution in [-0.4, -0.2) is 27.8 Å². The first-order chi connectivity index (χ1) is 12.7. The van der Waals surface area contributed by atoms with Crippen molar-refractivity contribution in [3.05, 3.63) is 78.1 Å². The minimum Gasteiger partial charge on any atom is -0.497 e. The van der Waals surface area contributed by atoms with E-state index in [0.717, 1.165) is 33.5 Å². The van der Waals surface area contributed by atoms with Gasteiger partial charge in [0.15, 0.2) is 0 Å². The second kappa shape index (κ2) is 6.44. The molecular formula is C21H17N3O2. The van der Waals surface area contributed by atoms with Crippen LogP contribution < -0.4 is 4.74 Å². The largest absolute Gasteiger partial charge is 0.497 e. The Hall–Kier alpha value is -3.47.